The largest absolute Gasteiger partial charge is 0.472 e. The normalized spacial score (nSPS) is 11.6. The maximum atomic E-state index is 12.0. The van der Waals surface area contributed by atoms with Crippen molar-refractivity contribution < 1.29 is 12.8 Å². The molecule has 0 amide bonds. The van der Waals surface area contributed by atoms with Crippen LogP contribution in [0.3, 0.4) is 0 Å². The summed E-state index contributed by atoms with van der Waals surface area (Å²) in [5, 5.41) is 0. The Bertz CT molecular complexity index is 633. The molecule has 0 fully saturated rings. The van der Waals surface area contributed by atoms with Gasteiger partial charge in [-0.3, -0.25) is 0 Å². The summed E-state index contributed by atoms with van der Waals surface area (Å²) >= 11 is 0. The third-order valence-corrected chi connectivity index (χ3v) is 4.00. The van der Waals surface area contributed by atoms with Gasteiger partial charge in [0.1, 0.15) is 0 Å². The van der Waals surface area contributed by atoms with E-state index in [1.807, 2.05) is 0 Å². The van der Waals surface area contributed by atoms with Gasteiger partial charge in [-0.2, -0.15) is 0 Å². The van der Waals surface area contributed by atoms with Crippen molar-refractivity contribution in [2.45, 2.75) is 18.4 Å². The summed E-state index contributed by atoms with van der Waals surface area (Å²) in [5.74, 6) is 0. The molecule has 96 valence electrons. The minimum Gasteiger partial charge on any atom is -0.472 e. The molecule has 3 N–H and O–H groups in total. The SMILES string of the molecule is Cc1cc(S(=O)(=O)NCc2ccoc2)ccc1N. The van der Waals surface area contributed by atoms with E-state index in [9.17, 15) is 8.42 Å². The van der Waals surface area contributed by atoms with E-state index >= 15 is 0 Å². The number of sulfonamides is 1. The summed E-state index contributed by atoms with van der Waals surface area (Å²) in [6.07, 6.45) is 2.99. The Morgan fingerprint density at radius 1 is 1.33 bits per heavy atom. The lowest BCUT2D eigenvalue weighted by atomic mass is 10.2. The molecule has 1 aromatic heterocycles. The van der Waals surface area contributed by atoms with E-state index in [1.165, 1.54) is 18.6 Å². The summed E-state index contributed by atoms with van der Waals surface area (Å²) < 4.78 is 31.4. The van der Waals surface area contributed by atoms with Gasteiger partial charge in [-0.1, -0.05) is 0 Å². The maximum Gasteiger partial charge on any atom is 0.240 e. The number of nitrogens with one attached hydrogen (secondary N) is 1. The van der Waals surface area contributed by atoms with Crippen molar-refractivity contribution in [3.05, 3.63) is 47.9 Å². The molecule has 1 heterocycles. The Labute approximate surface area is 106 Å². The number of nitrogen functional groups attached to an aromatic ring is 1. The van der Waals surface area contributed by atoms with Crippen molar-refractivity contribution in [3.8, 4) is 0 Å². The first-order valence-electron chi connectivity index (χ1n) is 5.36. The highest BCUT2D eigenvalue weighted by atomic mass is 32.2. The molecule has 0 aliphatic carbocycles. The first-order valence-corrected chi connectivity index (χ1v) is 6.84. The van der Waals surface area contributed by atoms with Crippen LogP contribution < -0.4 is 10.5 Å². The molecule has 0 unspecified atom stereocenters. The molecule has 18 heavy (non-hydrogen) atoms. The van der Waals surface area contributed by atoms with E-state index in [1.54, 1.807) is 25.1 Å². The molecule has 2 aromatic rings. The smallest absolute Gasteiger partial charge is 0.240 e. The van der Waals surface area contributed by atoms with Gasteiger partial charge in [0.2, 0.25) is 10.0 Å². The van der Waals surface area contributed by atoms with Gasteiger partial charge >= 0.3 is 0 Å². The lowest BCUT2D eigenvalue weighted by molar-refractivity contribution is 0.561. The number of aryl methyl sites for hydroxylation is 1. The molecule has 0 spiro atoms. The van der Waals surface area contributed by atoms with Crippen molar-refractivity contribution in [3.63, 3.8) is 0 Å². The van der Waals surface area contributed by atoms with Gasteiger partial charge in [-0.25, -0.2) is 13.1 Å². The lowest BCUT2D eigenvalue weighted by Crippen LogP contribution is -2.23. The van der Waals surface area contributed by atoms with Gasteiger partial charge < -0.3 is 10.2 Å². The Hall–Kier alpha value is -1.79. The maximum absolute atomic E-state index is 12.0. The van der Waals surface area contributed by atoms with E-state index in [0.717, 1.165) is 11.1 Å². The number of anilines is 1. The summed E-state index contributed by atoms with van der Waals surface area (Å²) in [6, 6.07) is 6.32. The molecular weight excluding hydrogens is 252 g/mol. The summed E-state index contributed by atoms with van der Waals surface area (Å²) in [4.78, 5) is 0.206. The molecule has 0 saturated heterocycles. The fraction of sp³-hybridized carbons (Fsp3) is 0.167. The second-order valence-corrected chi connectivity index (χ2v) is 5.74. The van der Waals surface area contributed by atoms with Gasteiger partial charge in [-0.05, 0) is 36.8 Å². The highest BCUT2D eigenvalue weighted by Crippen LogP contribution is 2.17. The molecule has 6 heteroatoms. The second-order valence-electron chi connectivity index (χ2n) is 3.97. The fourth-order valence-electron chi connectivity index (χ4n) is 1.47. The zero-order valence-corrected chi connectivity index (χ0v) is 10.7. The number of rotatable bonds is 4. The lowest BCUT2D eigenvalue weighted by Gasteiger charge is -2.07. The average Bonchev–Trinajstić information content (AvgIpc) is 2.83. The van der Waals surface area contributed by atoms with Crippen molar-refractivity contribution in [1.82, 2.24) is 4.72 Å². The summed E-state index contributed by atoms with van der Waals surface area (Å²) in [6.45, 7) is 1.96. The van der Waals surface area contributed by atoms with Crippen LogP contribution >= 0.6 is 0 Å². The standard InChI is InChI=1S/C12H14N2O3S/c1-9-6-11(2-3-12(9)13)18(15,16)14-7-10-4-5-17-8-10/h2-6,8,14H,7,13H2,1H3. The molecule has 5 nitrogen and oxygen atoms in total. The number of furan rings is 1. The average molecular weight is 266 g/mol. The minimum absolute atomic E-state index is 0.197. The minimum atomic E-state index is -3.52. The van der Waals surface area contributed by atoms with Crippen molar-refractivity contribution in [2.75, 3.05) is 5.73 Å². The monoisotopic (exact) mass is 266 g/mol. The zero-order valence-electron chi connectivity index (χ0n) is 9.88. The summed E-state index contributed by atoms with van der Waals surface area (Å²) in [7, 11) is -3.52. The first-order chi connectivity index (χ1) is 8.49. The topological polar surface area (TPSA) is 85.3 Å². The number of nitrogens with two attached hydrogens (primary N) is 1. The molecule has 0 aliphatic rings. The van der Waals surface area contributed by atoms with Crippen molar-refractivity contribution in [1.29, 1.82) is 0 Å². The third-order valence-electron chi connectivity index (χ3n) is 2.60. The molecule has 0 aliphatic heterocycles. The van der Waals surface area contributed by atoms with E-state index in [2.05, 4.69) is 4.72 Å². The Morgan fingerprint density at radius 2 is 2.11 bits per heavy atom. The molecular formula is C12H14N2O3S. The summed E-state index contributed by atoms with van der Waals surface area (Å²) in [5.41, 5.74) is 7.73. The fourth-order valence-corrected chi connectivity index (χ4v) is 2.57. The van der Waals surface area contributed by atoms with E-state index in [-0.39, 0.29) is 11.4 Å². The van der Waals surface area contributed by atoms with Crippen LogP contribution in [0, 0.1) is 6.92 Å². The van der Waals surface area contributed by atoms with Crippen LogP contribution in [0.1, 0.15) is 11.1 Å². The molecule has 1 aromatic carbocycles. The van der Waals surface area contributed by atoms with E-state index < -0.39 is 10.0 Å². The van der Waals surface area contributed by atoms with Crippen molar-refractivity contribution >= 4 is 15.7 Å². The Morgan fingerprint density at radius 3 is 2.72 bits per heavy atom. The van der Waals surface area contributed by atoms with Crippen LogP contribution in [0.25, 0.3) is 0 Å². The van der Waals surface area contributed by atoms with E-state index in [0.29, 0.717) is 5.69 Å². The Kier molecular flexibility index (Phi) is 3.40. The number of hydrogen-bond donors (Lipinski definition) is 2. The van der Waals surface area contributed by atoms with Crippen molar-refractivity contribution in [2.24, 2.45) is 0 Å². The predicted molar refractivity (Wildman–Crippen MR) is 68.3 cm³/mol. The van der Waals surface area contributed by atoms with Gasteiger partial charge in [0.15, 0.2) is 0 Å². The zero-order chi connectivity index (χ0) is 13.2. The van der Waals surface area contributed by atoms with Crippen LogP contribution in [0.4, 0.5) is 5.69 Å². The highest BCUT2D eigenvalue weighted by Gasteiger charge is 2.14. The molecule has 0 bridgehead atoms. The molecule has 0 radical (unpaired) electrons. The molecule has 0 atom stereocenters. The second kappa shape index (κ2) is 4.83. The predicted octanol–water partition coefficient (Wildman–Crippen LogP) is 1.65. The third kappa shape index (κ3) is 2.72. The van der Waals surface area contributed by atoms with Crippen LogP contribution in [-0.4, -0.2) is 8.42 Å². The van der Waals surface area contributed by atoms with Gasteiger partial charge in [-0.15, -0.1) is 0 Å². The van der Waals surface area contributed by atoms with Gasteiger partial charge in [0.05, 0.1) is 17.4 Å². The quantitative estimate of drug-likeness (QED) is 0.824. The highest BCUT2D eigenvalue weighted by molar-refractivity contribution is 7.89. The van der Waals surface area contributed by atoms with Crippen LogP contribution in [-0.2, 0) is 16.6 Å². The van der Waals surface area contributed by atoms with Gasteiger partial charge in [0, 0.05) is 17.8 Å². The number of benzene rings is 1. The van der Waals surface area contributed by atoms with Crippen LogP contribution in [0.15, 0.2) is 46.1 Å². The molecule has 2 rings (SSSR count). The molecule has 0 saturated carbocycles. The van der Waals surface area contributed by atoms with Crippen LogP contribution in [0.2, 0.25) is 0 Å². The van der Waals surface area contributed by atoms with Crippen LogP contribution in [0.5, 0.6) is 0 Å². The Balaban J connectivity index is 2.17. The number of hydrogen-bond acceptors (Lipinski definition) is 4. The first kappa shape index (κ1) is 12.7. The van der Waals surface area contributed by atoms with Gasteiger partial charge in [0.25, 0.3) is 0 Å². The van der Waals surface area contributed by atoms with E-state index in [4.69, 9.17) is 10.2 Å².